The summed E-state index contributed by atoms with van der Waals surface area (Å²) in [6.07, 6.45) is 2.38. The van der Waals surface area contributed by atoms with Crippen LogP contribution < -0.4 is 0 Å². The molecule has 0 amide bonds. The minimum Gasteiger partial charge on any atom is -0.623 e. The Bertz CT molecular complexity index is 544. The van der Waals surface area contributed by atoms with Crippen molar-refractivity contribution in [2.24, 2.45) is 0 Å². The zero-order chi connectivity index (χ0) is 13.7. The normalized spacial score (nSPS) is 12.4. The number of hydroxylamine groups is 1. The van der Waals surface area contributed by atoms with Crippen molar-refractivity contribution < 1.29 is 4.74 Å². The van der Waals surface area contributed by atoms with Gasteiger partial charge >= 0.3 is 0 Å². The molecule has 2 rings (SSSR count). The number of nitrogens with zero attached hydrogens (tertiary/aromatic N) is 1. The van der Waals surface area contributed by atoms with E-state index in [9.17, 15) is 5.21 Å². The van der Waals surface area contributed by atoms with Crippen molar-refractivity contribution in [1.82, 2.24) is 0 Å². The molecule has 0 aliphatic carbocycles. The molecule has 0 radical (unpaired) electrons. The summed E-state index contributed by atoms with van der Waals surface area (Å²) in [7, 11) is 0. The van der Waals surface area contributed by atoms with Gasteiger partial charge in [-0.1, -0.05) is 48.5 Å². The Balaban J connectivity index is 2.17. The van der Waals surface area contributed by atoms with Crippen molar-refractivity contribution in [3.8, 4) is 0 Å². The van der Waals surface area contributed by atoms with Gasteiger partial charge in [0.15, 0.2) is 11.8 Å². The van der Waals surface area contributed by atoms with Crippen LogP contribution in [0, 0.1) is 5.21 Å². The first-order valence-corrected chi connectivity index (χ1v) is 6.48. The molecule has 0 saturated carbocycles. The first-order valence-electron chi connectivity index (χ1n) is 6.48. The van der Waals surface area contributed by atoms with Crippen LogP contribution in [0.3, 0.4) is 0 Å². The van der Waals surface area contributed by atoms with Crippen LogP contribution in [-0.4, -0.2) is 16.5 Å². The molecule has 0 heterocycles. The molecule has 2 aromatic rings. The van der Waals surface area contributed by atoms with Crippen LogP contribution in [0.5, 0.6) is 0 Å². The molecule has 98 valence electrons. The lowest BCUT2D eigenvalue weighted by Crippen LogP contribution is -2.35. The average Bonchev–Trinajstić information content (AvgIpc) is 2.40. The van der Waals surface area contributed by atoms with Crippen LogP contribution in [0.25, 0.3) is 0 Å². The van der Waals surface area contributed by atoms with E-state index in [-0.39, 0.29) is 0 Å². The smallest absolute Gasteiger partial charge is 0.182 e. The van der Waals surface area contributed by atoms with E-state index in [1.54, 1.807) is 6.21 Å². The van der Waals surface area contributed by atoms with Gasteiger partial charge in [0.1, 0.15) is 0 Å². The van der Waals surface area contributed by atoms with Gasteiger partial charge in [-0.05, 0) is 17.7 Å². The number of hydrogen-bond acceptors (Lipinski definition) is 1. The second kappa shape index (κ2) is 5.70. The Morgan fingerprint density at radius 2 is 1.47 bits per heavy atom. The lowest BCUT2D eigenvalue weighted by Gasteiger charge is -2.24. The molecule has 2 heteroatoms. The lowest BCUT2D eigenvalue weighted by atomic mass is 9.95. The van der Waals surface area contributed by atoms with E-state index in [4.69, 9.17) is 0 Å². The summed E-state index contributed by atoms with van der Waals surface area (Å²) in [5, 5.41) is 12.3. The van der Waals surface area contributed by atoms with Gasteiger partial charge in [0.05, 0.1) is 0 Å². The third-order valence-corrected chi connectivity index (χ3v) is 3.14. The Kier molecular flexibility index (Phi) is 4.00. The summed E-state index contributed by atoms with van der Waals surface area (Å²) in [6.45, 7) is 3.93. The van der Waals surface area contributed by atoms with Crippen molar-refractivity contribution in [1.29, 1.82) is 0 Å². The van der Waals surface area contributed by atoms with Crippen LogP contribution in [-0.2, 0) is 6.42 Å². The number of hydrogen-bond donors (Lipinski definition) is 0. The molecule has 0 aliphatic heterocycles. The molecule has 0 unspecified atom stereocenters. The highest BCUT2D eigenvalue weighted by molar-refractivity contribution is 5.75. The van der Waals surface area contributed by atoms with Crippen molar-refractivity contribution in [3.05, 3.63) is 77.0 Å². The molecule has 2 nitrogen and oxygen atoms in total. The third kappa shape index (κ3) is 3.68. The number of rotatable bonds is 4. The fraction of sp³-hybridized carbons (Fsp3) is 0.235. The summed E-state index contributed by atoms with van der Waals surface area (Å²) >= 11 is 0. The minimum atomic E-state index is -0.461. The summed E-state index contributed by atoms with van der Waals surface area (Å²) in [5.41, 5.74) is 1.64. The zero-order valence-electron chi connectivity index (χ0n) is 11.4. The second-order valence-corrected chi connectivity index (χ2v) is 5.34. The van der Waals surface area contributed by atoms with Gasteiger partial charge in [-0.25, -0.2) is 4.74 Å². The molecular formula is C17H19NO. The van der Waals surface area contributed by atoms with E-state index in [0.717, 1.165) is 16.7 Å². The van der Waals surface area contributed by atoms with Gasteiger partial charge in [0.25, 0.3) is 0 Å². The van der Waals surface area contributed by atoms with Gasteiger partial charge < -0.3 is 5.21 Å². The number of benzene rings is 2. The molecular weight excluding hydrogens is 234 g/mol. The quantitative estimate of drug-likeness (QED) is 0.353. The minimum absolute atomic E-state index is 0.461. The highest BCUT2D eigenvalue weighted by atomic mass is 16.5. The maximum absolute atomic E-state index is 12.3. The molecule has 0 fully saturated rings. The summed E-state index contributed by atoms with van der Waals surface area (Å²) in [6, 6.07) is 19.8. The van der Waals surface area contributed by atoms with E-state index in [0.29, 0.717) is 0 Å². The maximum Gasteiger partial charge on any atom is 0.182 e. The summed E-state index contributed by atoms with van der Waals surface area (Å²) < 4.78 is 1.05. The molecule has 0 atom stereocenters. The molecule has 0 spiro atoms. The lowest BCUT2D eigenvalue weighted by molar-refractivity contribution is -0.535. The molecule has 0 saturated heterocycles. The predicted molar refractivity (Wildman–Crippen MR) is 79.5 cm³/mol. The zero-order valence-corrected chi connectivity index (χ0v) is 11.4. The van der Waals surface area contributed by atoms with Crippen LogP contribution in [0.15, 0.2) is 60.7 Å². The fourth-order valence-electron chi connectivity index (χ4n) is 2.02. The van der Waals surface area contributed by atoms with Crippen molar-refractivity contribution in [3.63, 3.8) is 0 Å². The van der Waals surface area contributed by atoms with Gasteiger partial charge in [-0.3, -0.25) is 0 Å². The van der Waals surface area contributed by atoms with Gasteiger partial charge in [-0.2, -0.15) is 0 Å². The second-order valence-electron chi connectivity index (χ2n) is 5.34. The molecule has 19 heavy (non-hydrogen) atoms. The monoisotopic (exact) mass is 253 g/mol. The van der Waals surface area contributed by atoms with Crippen molar-refractivity contribution >= 4 is 6.21 Å². The van der Waals surface area contributed by atoms with Crippen molar-refractivity contribution in [2.45, 2.75) is 25.8 Å². The van der Waals surface area contributed by atoms with Gasteiger partial charge in [0, 0.05) is 25.8 Å². The fourth-order valence-corrected chi connectivity index (χ4v) is 2.02. The van der Waals surface area contributed by atoms with E-state index < -0.39 is 5.54 Å². The molecule has 0 aliphatic rings. The Hall–Kier alpha value is -2.09. The Morgan fingerprint density at radius 1 is 0.947 bits per heavy atom. The molecule has 0 N–H and O–H groups in total. The van der Waals surface area contributed by atoms with E-state index in [1.807, 2.05) is 62.4 Å². The highest BCUT2D eigenvalue weighted by Crippen LogP contribution is 2.16. The average molecular weight is 253 g/mol. The van der Waals surface area contributed by atoms with Gasteiger partial charge in [-0.15, -0.1) is 0 Å². The summed E-state index contributed by atoms with van der Waals surface area (Å²) in [5.74, 6) is 0. The summed E-state index contributed by atoms with van der Waals surface area (Å²) in [4.78, 5) is 0. The third-order valence-electron chi connectivity index (χ3n) is 3.14. The van der Waals surface area contributed by atoms with Crippen LogP contribution in [0.2, 0.25) is 0 Å². The molecule has 0 aromatic heterocycles. The SMILES string of the molecule is CC(C)(Cc1ccccc1)/[N+]([O-])=C/c1ccccc1. The van der Waals surface area contributed by atoms with Crippen LogP contribution in [0.4, 0.5) is 0 Å². The molecule has 0 bridgehead atoms. The highest BCUT2D eigenvalue weighted by Gasteiger charge is 2.26. The standard InChI is InChI=1S/C17H19NO/c1-17(2,13-15-9-5-3-6-10-15)18(19)14-16-11-7-4-8-12-16/h3-12,14H,13H2,1-2H3/b18-14-. The van der Waals surface area contributed by atoms with Gasteiger partial charge in [0.2, 0.25) is 0 Å². The van der Waals surface area contributed by atoms with E-state index >= 15 is 0 Å². The Labute approximate surface area is 114 Å². The molecule has 2 aromatic carbocycles. The topological polar surface area (TPSA) is 26.1 Å². The predicted octanol–water partition coefficient (Wildman–Crippen LogP) is 3.64. The first kappa shape index (κ1) is 13.3. The van der Waals surface area contributed by atoms with Crippen LogP contribution >= 0.6 is 0 Å². The van der Waals surface area contributed by atoms with Crippen LogP contribution in [0.1, 0.15) is 25.0 Å². The maximum atomic E-state index is 12.3. The Morgan fingerprint density at radius 3 is 2.05 bits per heavy atom. The first-order chi connectivity index (χ1) is 9.08. The van der Waals surface area contributed by atoms with E-state index in [1.165, 1.54) is 5.56 Å². The van der Waals surface area contributed by atoms with E-state index in [2.05, 4.69) is 12.1 Å². The largest absolute Gasteiger partial charge is 0.623 e. The van der Waals surface area contributed by atoms with Crippen molar-refractivity contribution in [2.75, 3.05) is 0 Å².